The molecular weight excluding hydrogens is 230 g/mol. The van der Waals surface area contributed by atoms with Crippen molar-refractivity contribution in [3.63, 3.8) is 0 Å². The summed E-state index contributed by atoms with van der Waals surface area (Å²) < 4.78 is 17.8. The molecule has 3 saturated heterocycles. The van der Waals surface area contributed by atoms with Gasteiger partial charge in [0.2, 0.25) is 0 Å². The average Bonchev–Trinajstić information content (AvgIpc) is 2.38. The number of nitrogens with one attached hydrogen (secondary N) is 1. The fourth-order valence-corrected chi connectivity index (χ4v) is 3.56. The Morgan fingerprint density at radius 3 is 2.39 bits per heavy atom. The molecule has 3 heterocycles. The summed E-state index contributed by atoms with van der Waals surface area (Å²) in [4.78, 5) is 0. The minimum atomic E-state index is -0.245. The summed E-state index contributed by atoms with van der Waals surface area (Å²) in [5.41, 5.74) is -0.137. The SMILES string of the molecule is CC1(C)CNC2(CCCOC2)OC12CCOCC2. The van der Waals surface area contributed by atoms with Crippen LogP contribution in [0, 0.1) is 5.41 Å². The third-order valence-corrected chi connectivity index (χ3v) is 4.98. The van der Waals surface area contributed by atoms with Gasteiger partial charge in [-0.25, -0.2) is 0 Å². The molecule has 0 aromatic carbocycles. The van der Waals surface area contributed by atoms with Crippen molar-refractivity contribution in [1.82, 2.24) is 5.32 Å². The highest BCUT2D eigenvalue weighted by Gasteiger charge is 2.56. The molecule has 4 nitrogen and oxygen atoms in total. The normalized spacial score (nSPS) is 39.0. The molecule has 3 aliphatic rings. The van der Waals surface area contributed by atoms with Crippen molar-refractivity contribution in [3.05, 3.63) is 0 Å². The maximum atomic E-state index is 6.64. The van der Waals surface area contributed by atoms with E-state index in [1.165, 1.54) is 0 Å². The van der Waals surface area contributed by atoms with E-state index in [2.05, 4.69) is 19.2 Å². The molecule has 0 bridgehead atoms. The van der Waals surface area contributed by atoms with Gasteiger partial charge < -0.3 is 14.2 Å². The molecule has 3 fully saturated rings. The molecule has 0 aromatic rings. The lowest BCUT2D eigenvalue weighted by Gasteiger charge is -2.59. The highest BCUT2D eigenvalue weighted by atomic mass is 16.6. The van der Waals surface area contributed by atoms with Gasteiger partial charge in [0.1, 0.15) is 5.72 Å². The van der Waals surface area contributed by atoms with Crippen molar-refractivity contribution in [3.8, 4) is 0 Å². The van der Waals surface area contributed by atoms with E-state index in [1.807, 2.05) is 0 Å². The van der Waals surface area contributed by atoms with Crippen LogP contribution >= 0.6 is 0 Å². The van der Waals surface area contributed by atoms with Crippen LogP contribution in [0.3, 0.4) is 0 Å². The van der Waals surface area contributed by atoms with E-state index in [0.717, 1.165) is 52.0 Å². The molecule has 1 N–H and O–H groups in total. The van der Waals surface area contributed by atoms with Gasteiger partial charge in [-0.1, -0.05) is 13.8 Å². The van der Waals surface area contributed by atoms with E-state index in [0.29, 0.717) is 6.61 Å². The van der Waals surface area contributed by atoms with Gasteiger partial charge in [-0.3, -0.25) is 5.32 Å². The van der Waals surface area contributed by atoms with Gasteiger partial charge in [0, 0.05) is 44.6 Å². The fourth-order valence-electron chi connectivity index (χ4n) is 3.56. The highest BCUT2D eigenvalue weighted by molar-refractivity contribution is 5.04. The van der Waals surface area contributed by atoms with Gasteiger partial charge in [-0.15, -0.1) is 0 Å². The zero-order chi connectivity index (χ0) is 12.7. The molecular formula is C14H25NO3. The van der Waals surface area contributed by atoms with Crippen LogP contribution in [0.1, 0.15) is 39.5 Å². The molecule has 1 atom stereocenters. The Kier molecular flexibility index (Phi) is 3.17. The lowest BCUT2D eigenvalue weighted by Crippen LogP contribution is -2.70. The maximum Gasteiger partial charge on any atom is 0.143 e. The van der Waals surface area contributed by atoms with E-state index < -0.39 is 0 Å². The topological polar surface area (TPSA) is 39.7 Å². The Bertz CT molecular complexity index is 304. The summed E-state index contributed by atoms with van der Waals surface area (Å²) in [6, 6.07) is 0. The average molecular weight is 255 g/mol. The molecule has 18 heavy (non-hydrogen) atoms. The van der Waals surface area contributed by atoms with Crippen molar-refractivity contribution >= 4 is 0 Å². The molecule has 4 heteroatoms. The number of hydrogen-bond donors (Lipinski definition) is 1. The Balaban J connectivity index is 1.84. The molecule has 0 saturated carbocycles. The molecule has 1 unspecified atom stereocenters. The van der Waals surface area contributed by atoms with E-state index in [9.17, 15) is 0 Å². The Morgan fingerprint density at radius 2 is 1.72 bits per heavy atom. The van der Waals surface area contributed by atoms with Gasteiger partial charge >= 0.3 is 0 Å². The molecule has 0 amide bonds. The Morgan fingerprint density at radius 1 is 0.944 bits per heavy atom. The minimum absolute atomic E-state index is 0.0444. The lowest BCUT2D eigenvalue weighted by atomic mass is 9.68. The predicted molar refractivity (Wildman–Crippen MR) is 68.4 cm³/mol. The van der Waals surface area contributed by atoms with Crippen molar-refractivity contribution in [2.45, 2.75) is 50.9 Å². The van der Waals surface area contributed by atoms with E-state index in [-0.39, 0.29) is 16.7 Å². The predicted octanol–water partition coefficient (Wildman–Crippen LogP) is 1.69. The molecule has 0 aromatic heterocycles. The molecule has 2 spiro atoms. The van der Waals surface area contributed by atoms with Crippen molar-refractivity contribution in [2.24, 2.45) is 5.41 Å². The maximum absolute atomic E-state index is 6.64. The van der Waals surface area contributed by atoms with E-state index >= 15 is 0 Å². The first kappa shape index (κ1) is 12.9. The second-order valence-corrected chi connectivity index (χ2v) is 6.60. The Labute approximate surface area is 109 Å². The first-order chi connectivity index (χ1) is 8.58. The summed E-state index contributed by atoms with van der Waals surface area (Å²) in [6.07, 6.45) is 4.15. The van der Waals surface area contributed by atoms with Gasteiger partial charge in [0.05, 0.1) is 12.2 Å². The molecule has 0 radical (unpaired) electrons. The van der Waals surface area contributed by atoms with E-state index in [1.54, 1.807) is 0 Å². The van der Waals surface area contributed by atoms with Crippen molar-refractivity contribution in [2.75, 3.05) is 33.0 Å². The number of ether oxygens (including phenoxy) is 3. The standard InChI is InChI=1S/C14H25NO3/c1-12(2)10-15-14(4-3-7-17-11-14)18-13(12)5-8-16-9-6-13/h15H,3-11H2,1-2H3. The fraction of sp³-hybridized carbons (Fsp3) is 1.00. The molecule has 0 aliphatic carbocycles. The van der Waals surface area contributed by atoms with Gasteiger partial charge in [-0.2, -0.15) is 0 Å². The highest BCUT2D eigenvalue weighted by Crippen LogP contribution is 2.48. The first-order valence-electron chi connectivity index (χ1n) is 7.18. The molecule has 3 aliphatic heterocycles. The number of hydrogen-bond acceptors (Lipinski definition) is 4. The summed E-state index contributed by atoms with van der Waals surface area (Å²) in [5, 5.41) is 3.61. The van der Waals surface area contributed by atoms with Crippen LogP contribution in [0.15, 0.2) is 0 Å². The van der Waals surface area contributed by atoms with Crippen LogP contribution in [-0.2, 0) is 14.2 Å². The first-order valence-corrected chi connectivity index (χ1v) is 7.18. The quantitative estimate of drug-likeness (QED) is 0.715. The summed E-state index contributed by atoms with van der Waals surface area (Å²) in [6.45, 7) is 8.80. The summed E-state index contributed by atoms with van der Waals surface area (Å²) in [7, 11) is 0. The third kappa shape index (κ3) is 1.99. The van der Waals surface area contributed by atoms with E-state index in [4.69, 9.17) is 14.2 Å². The van der Waals surface area contributed by atoms with Crippen LogP contribution < -0.4 is 5.32 Å². The van der Waals surface area contributed by atoms with Crippen LogP contribution in [-0.4, -0.2) is 44.3 Å². The van der Waals surface area contributed by atoms with Crippen LogP contribution in [0.2, 0.25) is 0 Å². The smallest absolute Gasteiger partial charge is 0.143 e. The van der Waals surface area contributed by atoms with Crippen molar-refractivity contribution in [1.29, 1.82) is 0 Å². The van der Waals surface area contributed by atoms with Crippen LogP contribution in [0.5, 0.6) is 0 Å². The van der Waals surface area contributed by atoms with Gasteiger partial charge in [0.25, 0.3) is 0 Å². The van der Waals surface area contributed by atoms with Gasteiger partial charge in [0.15, 0.2) is 0 Å². The largest absolute Gasteiger partial charge is 0.381 e. The molecule has 3 rings (SSSR count). The van der Waals surface area contributed by atoms with Gasteiger partial charge in [-0.05, 0) is 12.8 Å². The summed E-state index contributed by atoms with van der Waals surface area (Å²) in [5.74, 6) is 0. The second kappa shape index (κ2) is 4.44. The second-order valence-electron chi connectivity index (χ2n) is 6.60. The third-order valence-electron chi connectivity index (χ3n) is 4.98. The lowest BCUT2D eigenvalue weighted by molar-refractivity contribution is -0.296. The zero-order valence-electron chi connectivity index (χ0n) is 11.6. The van der Waals surface area contributed by atoms with Crippen molar-refractivity contribution < 1.29 is 14.2 Å². The monoisotopic (exact) mass is 255 g/mol. The summed E-state index contributed by atoms with van der Waals surface area (Å²) >= 11 is 0. The van der Waals surface area contributed by atoms with Crippen LogP contribution in [0.25, 0.3) is 0 Å². The molecule has 104 valence electrons. The number of rotatable bonds is 0. The van der Waals surface area contributed by atoms with Crippen LogP contribution in [0.4, 0.5) is 0 Å². The Hall–Kier alpha value is -0.160. The zero-order valence-corrected chi connectivity index (χ0v) is 11.6. The minimum Gasteiger partial charge on any atom is -0.381 e.